The van der Waals surface area contributed by atoms with Crippen LogP contribution in [-0.4, -0.2) is 9.78 Å². The average Bonchev–Trinajstić information content (AvgIpc) is 2.66. The highest BCUT2D eigenvalue weighted by Crippen LogP contribution is 2.30. The quantitative estimate of drug-likeness (QED) is 0.834. The Balaban J connectivity index is 2.09. The van der Waals surface area contributed by atoms with Crippen LogP contribution in [0.25, 0.3) is 11.3 Å². The summed E-state index contributed by atoms with van der Waals surface area (Å²) in [6.45, 7) is 2.04. The van der Waals surface area contributed by atoms with Crippen LogP contribution in [0.5, 0.6) is 0 Å². The number of anilines is 1. The Bertz CT molecular complexity index is 596. The van der Waals surface area contributed by atoms with Crippen molar-refractivity contribution in [1.29, 1.82) is 0 Å². The van der Waals surface area contributed by atoms with Gasteiger partial charge in [0.25, 0.3) is 0 Å². The molecule has 0 amide bonds. The number of nitrogens with zero attached hydrogens (tertiary/aromatic N) is 2. The van der Waals surface area contributed by atoms with Gasteiger partial charge in [0.2, 0.25) is 0 Å². The first kappa shape index (κ1) is 11.3. The molecular formula is C15H19N3. The topological polar surface area (TPSA) is 43.8 Å². The number of rotatable bonds is 1. The molecule has 0 radical (unpaired) electrons. The molecule has 0 saturated heterocycles. The number of nitrogen functional groups attached to an aromatic ring is 1. The number of benzene rings is 1. The Hall–Kier alpha value is -1.77. The summed E-state index contributed by atoms with van der Waals surface area (Å²) in [5.74, 6) is 0.753. The molecule has 1 heterocycles. The van der Waals surface area contributed by atoms with Crippen molar-refractivity contribution >= 4 is 5.82 Å². The van der Waals surface area contributed by atoms with Crippen LogP contribution in [-0.2, 0) is 19.9 Å². The molecule has 1 aromatic heterocycles. The van der Waals surface area contributed by atoms with Crippen molar-refractivity contribution in [2.45, 2.75) is 32.6 Å². The number of aromatic nitrogens is 2. The van der Waals surface area contributed by atoms with E-state index >= 15 is 0 Å². The molecule has 1 aliphatic rings. The summed E-state index contributed by atoms with van der Waals surface area (Å²) in [4.78, 5) is 0. The second-order valence-electron chi connectivity index (χ2n) is 5.17. The van der Waals surface area contributed by atoms with Crippen LogP contribution in [0.4, 0.5) is 5.82 Å². The van der Waals surface area contributed by atoms with Crippen molar-refractivity contribution < 1.29 is 0 Å². The van der Waals surface area contributed by atoms with Gasteiger partial charge in [-0.25, -0.2) is 0 Å². The fourth-order valence-corrected chi connectivity index (χ4v) is 2.80. The zero-order valence-corrected chi connectivity index (χ0v) is 11.0. The van der Waals surface area contributed by atoms with E-state index in [1.54, 1.807) is 4.68 Å². The maximum absolute atomic E-state index is 5.98. The first-order chi connectivity index (χ1) is 8.66. The smallest absolute Gasteiger partial charge is 0.124 e. The number of nitrogens with two attached hydrogens (primary N) is 1. The maximum atomic E-state index is 5.98. The summed E-state index contributed by atoms with van der Waals surface area (Å²) in [6, 6.07) is 6.73. The Morgan fingerprint density at radius 3 is 2.56 bits per heavy atom. The zero-order chi connectivity index (χ0) is 12.7. The molecule has 3 rings (SSSR count). The minimum Gasteiger partial charge on any atom is -0.384 e. The lowest BCUT2D eigenvalue weighted by atomic mass is 9.89. The van der Waals surface area contributed by atoms with Gasteiger partial charge in [0.05, 0.1) is 5.69 Å². The minimum atomic E-state index is 0.753. The number of hydrogen-bond donors (Lipinski definition) is 1. The van der Waals surface area contributed by atoms with Gasteiger partial charge in [-0.1, -0.05) is 12.1 Å². The van der Waals surface area contributed by atoms with Gasteiger partial charge in [-0.05, 0) is 49.8 Å². The lowest BCUT2D eigenvalue weighted by Gasteiger charge is -2.16. The van der Waals surface area contributed by atoms with Gasteiger partial charge in [-0.3, -0.25) is 4.68 Å². The second-order valence-corrected chi connectivity index (χ2v) is 5.17. The molecule has 94 valence electrons. The van der Waals surface area contributed by atoms with E-state index in [-0.39, 0.29) is 0 Å². The predicted octanol–water partition coefficient (Wildman–Crippen LogP) is 2.86. The molecule has 0 unspecified atom stereocenters. The van der Waals surface area contributed by atoms with E-state index in [0.717, 1.165) is 17.1 Å². The molecular weight excluding hydrogens is 222 g/mol. The fourth-order valence-electron chi connectivity index (χ4n) is 2.80. The maximum Gasteiger partial charge on any atom is 0.124 e. The Morgan fingerprint density at radius 1 is 1.17 bits per heavy atom. The second kappa shape index (κ2) is 4.16. The van der Waals surface area contributed by atoms with Crippen LogP contribution >= 0.6 is 0 Å². The van der Waals surface area contributed by atoms with Crippen LogP contribution in [0.2, 0.25) is 0 Å². The van der Waals surface area contributed by atoms with Gasteiger partial charge in [-0.15, -0.1) is 0 Å². The molecule has 0 aliphatic heterocycles. The van der Waals surface area contributed by atoms with Gasteiger partial charge in [0.15, 0.2) is 0 Å². The Morgan fingerprint density at radius 2 is 1.89 bits per heavy atom. The van der Waals surface area contributed by atoms with Gasteiger partial charge in [-0.2, -0.15) is 5.10 Å². The summed E-state index contributed by atoms with van der Waals surface area (Å²) >= 11 is 0. The molecule has 18 heavy (non-hydrogen) atoms. The zero-order valence-electron chi connectivity index (χ0n) is 11.0. The Kier molecular flexibility index (Phi) is 2.62. The van der Waals surface area contributed by atoms with E-state index in [1.165, 1.54) is 42.4 Å². The van der Waals surface area contributed by atoms with Gasteiger partial charge >= 0.3 is 0 Å². The van der Waals surface area contributed by atoms with Gasteiger partial charge in [0, 0.05) is 18.2 Å². The van der Waals surface area contributed by atoms with Crippen LogP contribution in [0, 0.1) is 6.92 Å². The van der Waals surface area contributed by atoms with Crippen molar-refractivity contribution in [1.82, 2.24) is 9.78 Å². The fraction of sp³-hybridized carbons (Fsp3) is 0.400. The van der Waals surface area contributed by atoms with E-state index in [9.17, 15) is 0 Å². The van der Waals surface area contributed by atoms with Gasteiger partial charge < -0.3 is 5.73 Å². The summed E-state index contributed by atoms with van der Waals surface area (Å²) in [5.41, 5.74) is 12.3. The van der Waals surface area contributed by atoms with E-state index in [1.807, 2.05) is 14.0 Å². The molecule has 0 fully saturated rings. The molecule has 2 N–H and O–H groups in total. The molecule has 0 spiro atoms. The molecule has 0 saturated carbocycles. The summed E-state index contributed by atoms with van der Waals surface area (Å²) < 4.78 is 1.75. The van der Waals surface area contributed by atoms with Crippen molar-refractivity contribution in [3.05, 3.63) is 34.9 Å². The van der Waals surface area contributed by atoms with E-state index < -0.39 is 0 Å². The average molecular weight is 241 g/mol. The molecule has 3 heteroatoms. The lowest BCUT2D eigenvalue weighted by Crippen LogP contribution is -2.02. The summed E-state index contributed by atoms with van der Waals surface area (Å²) in [7, 11) is 1.89. The first-order valence-corrected chi connectivity index (χ1v) is 6.58. The summed E-state index contributed by atoms with van der Waals surface area (Å²) in [6.07, 6.45) is 5.05. The van der Waals surface area contributed by atoms with Gasteiger partial charge in [0.1, 0.15) is 5.82 Å². The SMILES string of the molecule is Cc1c(-c2ccc3c(c2)CCCC3)nn(C)c1N. The van der Waals surface area contributed by atoms with Crippen molar-refractivity contribution in [2.24, 2.45) is 7.05 Å². The van der Waals surface area contributed by atoms with E-state index in [4.69, 9.17) is 5.73 Å². The molecule has 3 nitrogen and oxygen atoms in total. The molecule has 0 atom stereocenters. The van der Waals surface area contributed by atoms with Crippen LogP contribution < -0.4 is 5.73 Å². The summed E-state index contributed by atoms with van der Waals surface area (Å²) in [5, 5.41) is 4.52. The van der Waals surface area contributed by atoms with Crippen LogP contribution in [0.15, 0.2) is 18.2 Å². The number of aryl methyl sites for hydroxylation is 3. The van der Waals surface area contributed by atoms with E-state index in [0.29, 0.717) is 0 Å². The van der Waals surface area contributed by atoms with Crippen molar-refractivity contribution in [3.63, 3.8) is 0 Å². The molecule has 2 aromatic rings. The third-order valence-corrected chi connectivity index (χ3v) is 3.96. The minimum absolute atomic E-state index is 0.753. The monoisotopic (exact) mass is 241 g/mol. The predicted molar refractivity (Wildman–Crippen MR) is 74.4 cm³/mol. The first-order valence-electron chi connectivity index (χ1n) is 6.58. The highest BCUT2D eigenvalue weighted by Gasteiger charge is 2.14. The van der Waals surface area contributed by atoms with Crippen LogP contribution in [0.1, 0.15) is 29.5 Å². The largest absolute Gasteiger partial charge is 0.384 e. The highest BCUT2D eigenvalue weighted by molar-refractivity contribution is 5.69. The van der Waals surface area contributed by atoms with Crippen molar-refractivity contribution in [3.8, 4) is 11.3 Å². The number of fused-ring (bicyclic) bond motifs is 1. The lowest BCUT2D eigenvalue weighted by molar-refractivity contribution is 0.686. The molecule has 1 aromatic carbocycles. The van der Waals surface area contributed by atoms with Crippen LogP contribution in [0.3, 0.4) is 0 Å². The normalized spacial score (nSPS) is 14.6. The number of hydrogen-bond acceptors (Lipinski definition) is 2. The standard InChI is InChI=1S/C15H19N3/c1-10-14(17-18(2)15(10)16)13-8-7-11-5-3-4-6-12(11)9-13/h7-9H,3-6,16H2,1-2H3. The van der Waals surface area contributed by atoms with E-state index in [2.05, 4.69) is 23.3 Å². The third-order valence-electron chi connectivity index (χ3n) is 3.96. The van der Waals surface area contributed by atoms with Crippen molar-refractivity contribution in [2.75, 3.05) is 5.73 Å². The molecule has 1 aliphatic carbocycles. The third kappa shape index (κ3) is 1.70. The highest BCUT2D eigenvalue weighted by atomic mass is 15.3. The Labute approximate surface area is 108 Å². The molecule has 0 bridgehead atoms.